The molecule has 1 atom stereocenters. The maximum absolute atomic E-state index is 12.5. The molecule has 2 heterocycles. The molecule has 0 unspecified atom stereocenters. The van der Waals surface area contributed by atoms with Gasteiger partial charge in [0.25, 0.3) is 0 Å². The lowest BCUT2D eigenvalue weighted by Crippen LogP contribution is -2.59. The van der Waals surface area contributed by atoms with Crippen LogP contribution in [0.4, 0.5) is 10.5 Å². The Bertz CT molecular complexity index is 796. The molecule has 1 N–H and O–H groups in total. The van der Waals surface area contributed by atoms with E-state index in [0.29, 0.717) is 36.9 Å². The highest BCUT2D eigenvalue weighted by Gasteiger charge is 2.45. The lowest BCUT2D eigenvalue weighted by molar-refractivity contribution is 0.0498. The molecule has 0 saturated carbocycles. The van der Waals surface area contributed by atoms with Crippen molar-refractivity contribution in [2.24, 2.45) is 0 Å². The largest absolute Gasteiger partial charge is 0.322 e. The van der Waals surface area contributed by atoms with Crippen LogP contribution in [0.25, 0.3) is 0 Å². The molecule has 0 radical (unpaired) electrons. The molecule has 27 heavy (non-hydrogen) atoms. The highest BCUT2D eigenvalue weighted by atomic mass is 35.5. The molecule has 0 bridgehead atoms. The molecule has 2 aliphatic heterocycles. The number of carbonyl (C=O) groups excluding carboxylic acids is 1. The summed E-state index contributed by atoms with van der Waals surface area (Å²) >= 11 is 6.11. The molecule has 2 saturated heterocycles. The van der Waals surface area contributed by atoms with E-state index in [1.165, 1.54) is 6.26 Å². The molecule has 0 aliphatic carbocycles. The third-order valence-corrected chi connectivity index (χ3v) is 7.36. The standard InChI is InChI=1S/C18H27ClN4O3S/c1-3-18(8-9-23(14-18)27(2,25)26)22-12-10-21(11-13-22)17(24)20-16-7-5-4-6-15(16)19/h4-7H,3,8-14H2,1-2H3,(H,20,24)/t18-/m0/s1. The van der Waals surface area contributed by atoms with Crippen molar-refractivity contribution in [3.63, 3.8) is 0 Å². The first kappa shape index (κ1) is 20.4. The molecule has 3 rings (SSSR count). The number of hydrogen-bond donors (Lipinski definition) is 1. The van der Waals surface area contributed by atoms with E-state index in [1.54, 1.807) is 21.3 Å². The zero-order chi connectivity index (χ0) is 19.7. The van der Waals surface area contributed by atoms with Gasteiger partial charge in [0.1, 0.15) is 0 Å². The number of nitrogens with one attached hydrogen (secondary N) is 1. The topological polar surface area (TPSA) is 73.0 Å². The summed E-state index contributed by atoms with van der Waals surface area (Å²) in [6, 6.07) is 7.02. The van der Waals surface area contributed by atoms with Gasteiger partial charge in [0.15, 0.2) is 0 Å². The Balaban J connectivity index is 1.60. The lowest BCUT2D eigenvalue weighted by atomic mass is 9.92. The first-order chi connectivity index (χ1) is 12.7. The van der Waals surface area contributed by atoms with Crippen LogP contribution in [-0.2, 0) is 10.0 Å². The van der Waals surface area contributed by atoms with Crippen molar-refractivity contribution in [3.8, 4) is 0 Å². The van der Waals surface area contributed by atoms with Gasteiger partial charge in [0, 0.05) is 44.8 Å². The third-order valence-electron chi connectivity index (χ3n) is 5.78. The van der Waals surface area contributed by atoms with Crippen molar-refractivity contribution in [1.29, 1.82) is 0 Å². The van der Waals surface area contributed by atoms with Gasteiger partial charge in [0.05, 0.1) is 17.0 Å². The molecule has 2 amide bonds. The summed E-state index contributed by atoms with van der Waals surface area (Å²) in [5, 5.41) is 3.38. The molecule has 2 fully saturated rings. The van der Waals surface area contributed by atoms with Crippen molar-refractivity contribution in [2.45, 2.75) is 25.3 Å². The Morgan fingerprint density at radius 1 is 1.19 bits per heavy atom. The number of amides is 2. The summed E-state index contributed by atoms with van der Waals surface area (Å²) in [4.78, 5) is 16.7. The number of para-hydroxylation sites is 1. The summed E-state index contributed by atoms with van der Waals surface area (Å²) < 4.78 is 25.4. The average Bonchev–Trinajstić information content (AvgIpc) is 3.10. The Morgan fingerprint density at radius 3 is 2.41 bits per heavy atom. The van der Waals surface area contributed by atoms with Crippen LogP contribution < -0.4 is 5.32 Å². The quantitative estimate of drug-likeness (QED) is 0.820. The van der Waals surface area contributed by atoms with Crippen LogP contribution in [0, 0.1) is 0 Å². The zero-order valence-corrected chi connectivity index (χ0v) is 17.4. The van der Waals surface area contributed by atoms with Crippen LogP contribution >= 0.6 is 11.6 Å². The molecule has 2 aliphatic rings. The maximum Gasteiger partial charge on any atom is 0.321 e. The number of nitrogens with zero attached hydrogens (tertiary/aromatic N) is 3. The zero-order valence-electron chi connectivity index (χ0n) is 15.8. The molecular formula is C18H27ClN4O3S. The van der Waals surface area contributed by atoms with Crippen molar-refractivity contribution >= 4 is 33.3 Å². The van der Waals surface area contributed by atoms with Gasteiger partial charge < -0.3 is 10.2 Å². The van der Waals surface area contributed by atoms with Gasteiger partial charge >= 0.3 is 6.03 Å². The Hall–Kier alpha value is -1.35. The number of benzene rings is 1. The van der Waals surface area contributed by atoms with E-state index in [0.717, 1.165) is 25.9 Å². The fraction of sp³-hybridized carbons (Fsp3) is 0.611. The van der Waals surface area contributed by atoms with E-state index in [9.17, 15) is 13.2 Å². The molecule has 9 heteroatoms. The first-order valence-electron chi connectivity index (χ1n) is 9.26. The second-order valence-corrected chi connectivity index (χ2v) is 9.70. The number of urea groups is 1. The number of hydrogen-bond acceptors (Lipinski definition) is 4. The minimum atomic E-state index is -3.17. The number of sulfonamides is 1. The molecule has 0 aromatic heterocycles. The highest BCUT2D eigenvalue weighted by molar-refractivity contribution is 7.88. The van der Waals surface area contributed by atoms with E-state index in [2.05, 4.69) is 17.1 Å². The van der Waals surface area contributed by atoms with Gasteiger partial charge in [-0.3, -0.25) is 4.90 Å². The smallest absolute Gasteiger partial charge is 0.321 e. The lowest BCUT2D eigenvalue weighted by Gasteiger charge is -2.45. The van der Waals surface area contributed by atoms with E-state index in [-0.39, 0.29) is 11.6 Å². The number of halogens is 1. The second-order valence-electron chi connectivity index (χ2n) is 7.31. The Labute approximate surface area is 166 Å². The van der Waals surface area contributed by atoms with Crippen LogP contribution in [0.3, 0.4) is 0 Å². The van der Waals surface area contributed by atoms with Crippen LogP contribution in [0.1, 0.15) is 19.8 Å². The summed E-state index contributed by atoms with van der Waals surface area (Å²) in [6.45, 7) is 5.91. The Kier molecular flexibility index (Phi) is 6.00. The number of anilines is 1. The average molecular weight is 415 g/mol. The molecule has 1 aromatic rings. The van der Waals surface area contributed by atoms with E-state index >= 15 is 0 Å². The van der Waals surface area contributed by atoms with Crippen molar-refractivity contribution < 1.29 is 13.2 Å². The van der Waals surface area contributed by atoms with E-state index in [1.807, 2.05) is 12.1 Å². The Morgan fingerprint density at radius 2 is 1.85 bits per heavy atom. The van der Waals surface area contributed by atoms with Gasteiger partial charge in [-0.15, -0.1) is 0 Å². The SMILES string of the molecule is CC[C@]1(N2CCN(C(=O)Nc3ccccc3Cl)CC2)CCN(S(C)(=O)=O)C1. The third kappa shape index (κ3) is 4.39. The normalized spacial score (nSPS) is 24.9. The van der Waals surface area contributed by atoms with Crippen molar-refractivity contribution in [1.82, 2.24) is 14.1 Å². The minimum absolute atomic E-state index is 0.131. The van der Waals surface area contributed by atoms with Crippen molar-refractivity contribution in [2.75, 3.05) is 50.8 Å². The molecule has 0 spiro atoms. The number of piperazine rings is 1. The second kappa shape index (κ2) is 7.95. The van der Waals surface area contributed by atoms with Gasteiger partial charge in [0.2, 0.25) is 10.0 Å². The van der Waals surface area contributed by atoms with Crippen LogP contribution in [0.2, 0.25) is 5.02 Å². The van der Waals surface area contributed by atoms with Gasteiger partial charge in [-0.25, -0.2) is 17.5 Å². The molecule has 1 aromatic carbocycles. The van der Waals surface area contributed by atoms with Gasteiger partial charge in [-0.1, -0.05) is 30.7 Å². The van der Waals surface area contributed by atoms with E-state index in [4.69, 9.17) is 11.6 Å². The summed E-state index contributed by atoms with van der Waals surface area (Å²) in [5.74, 6) is 0. The van der Waals surface area contributed by atoms with Crippen molar-refractivity contribution in [3.05, 3.63) is 29.3 Å². The summed E-state index contributed by atoms with van der Waals surface area (Å²) in [7, 11) is -3.17. The number of carbonyl (C=O) groups is 1. The monoisotopic (exact) mass is 414 g/mol. The predicted molar refractivity (Wildman–Crippen MR) is 108 cm³/mol. The molecule has 7 nitrogen and oxygen atoms in total. The fourth-order valence-corrected chi connectivity index (χ4v) is 5.09. The fourth-order valence-electron chi connectivity index (χ4n) is 4.01. The minimum Gasteiger partial charge on any atom is -0.322 e. The first-order valence-corrected chi connectivity index (χ1v) is 11.5. The molecule has 150 valence electrons. The highest BCUT2D eigenvalue weighted by Crippen LogP contribution is 2.33. The molecular weight excluding hydrogens is 388 g/mol. The van der Waals surface area contributed by atoms with Crippen LogP contribution in [0.15, 0.2) is 24.3 Å². The van der Waals surface area contributed by atoms with Crippen LogP contribution in [0.5, 0.6) is 0 Å². The number of rotatable bonds is 4. The maximum atomic E-state index is 12.5. The van der Waals surface area contributed by atoms with Gasteiger partial charge in [-0.2, -0.15) is 0 Å². The summed E-state index contributed by atoms with van der Waals surface area (Å²) in [5.41, 5.74) is 0.477. The van der Waals surface area contributed by atoms with Crippen LogP contribution in [-0.4, -0.2) is 79.6 Å². The predicted octanol–water partition coefficient (Wildman–Crippen LogP) is 2.30. The summed E-state index contributed by atoms with van der Waals surface area (Å²) in [6.07, 6.45) is 3.00. The van der Waals surface area contributed by atoms with E-state index < -0.39 is 10.0 Å². The van der Waals surface area contributed by atoms with Gasteiger partial charge in [-0.05, 0) is 25.0 Å².